The normalized spacial score (nSPS) is 10.5. The lowest BCUT2D eigenvalue weighted by atomic mass is 10.1. The van der Waals surface area contributed by atoms with Crippen LogP contribution in [-0.4, -0.2) is 25.3 Å². The second kappa shape index (κ2) is 9.14. The van der Waals surface area contributed by atoms with Crippen LogP contribution in [0.5, 0.6) is 17.2 Å². The van der Waals surface area contributed by atoms with Crippen LogP contribution in [0.25, 0.3) is 0 Å². The van der Waals surface area contributed by atoms with Crippen molar-refractivity contribution in [3.63, 3.8) is 0 Å². The molecule has 29 heavy (non-hydrogen) atoms. The lowest BCUT2D eigenvalue weighted by molar-refractivity contribution is 0.0946. The topological polar surface area (TPSA) is 82.8 Å². The molecule has 1 N–H and O–H groups in total. The molecule has 0 spiro atoms. The minimum absolute atomic E-state index is 0.239. The molecule has 0 aliphatic carbocycles. The molecule has 1 aromatic heterocycles. The van der Waals surface area contributed by atoms with Gasteiger partial charge in [-0.15, -0.1) is 0 Å². The van der Waals surface area contributed by atoms with E-state index in [4.69, 9.17) is 18.7 Å². The van der Waals surface area contributed by atoms with Gasteiger partial charge in [0.15, 0.2) is 0 Å². The summed E-state index contributed by atoms with van der Waals surface area (Å²) in [6.07, 6.45) is 0. The van der Waals surface area contributed by atoms with Crippen molar-refractivity contribution in [2.24, 2.45) is 0 Å². The molecule has 7 heteroatoms. The molecule has 1 amide bonds. The van der Waals surface area contributed by atoms with E-state index in [1.54, 1.807) is 38.5 Å². The minimum atomic E-state index is -0.239. The summed E-state index contributed by atoms with van der Waals surface area (Å²) in [4.78, 5) is 12.8. The molecule has 0 unspecified atom stereocenters. The smallest absolute Gasteiger partial charge is 0.255 e. The number of carbonyl (C=O) groups is 1. The molecule has 0 saturated heterocycles. The highest BCUT2D eigenvalue weighted by molar-refractivity contribution is 5.96. The number of rotatable bonds is 8. The van der Waals surface area contributed by atoms with E-state index >= 15 is 0 Å². The molecule has 0 atom stereocenters. The first-order valence-corrected chi connectivity index (χ1v) is 9.16. The Morgan fingerprint density at radius 3 is 2.55 bits per heavy atom. The van der Waals surface area contributed by atoms with Crippen LogP contribution < -0.4 is 19.5 Å². The molecule has 3 rings (SSSR count). The van der Waals surface area contributed by atoms with Crippen molar-refractivity contribution < 1.29 is 23.5 Å². The average molecular weight is 396 g/mol. The quantitative estimate of drug-likeness (QED) is 0.623. The predicted octanol–water partition coefficient (Wildman–Crippen LogP) is 3.82. The molecule has 0 fully saturated rings. The van der Waals surface area contributed by atoms with Gasteiger partial charge in [-0.3, -0.25) is 4.79 Å². The van der Waals surface area contributed by atoms with Gasteiger partial charge >= 0.3 is 0 Å². The molecule has 1 heterocycles. The first kappa shape index (κ1) is 20.3. The van der Waals surface area contributed by atoms with Gasteiger partial charge in [-0.2, -0.15) is 0 Å². The van der Waals surface area contributed by atoms with E-state index in [-0.39, 0.29) is 12.5 Å². The number of aryl methyl sites for hydroxylation is 2. The Morgan fingerprint density at radius 2 is 1.86 bits per heavy atom. The van der Waals surface area contributed by atoms with Crippen molar-refractivity contribution in [3.8, 4) is 17.2 Å². The Labute approximate surface area is 169 Å². The molecule has 0 aliphatic heterocycles. The lowest BCUT2D eigenvalue weighted by Crippen LogP contribution is -2.23. The second-order valence-corrected chi connectivity index (χ2v) is 6.45. The number of benzene rings is 2. The van der Waals surface area contributed by atoms with E-state index in [2.05, 4.69) is 10.5 Å². The molecule has 0 bridgehead atoms. The number of methoxy groups -OCH3 is 2. The fourth-order valence-corrected chi connectivity index (χ4v) is 2.91. The van der Waals surface area contributed by atoms with Crippen LogP contribution in [0.2, 0.25) is 0 Å². The number of hydrogen-bond donors (Lipinski definition) is 1. The Kier molecular flexibility index (Phi) is 6.39. The summed E-state index contributed by atoms with van der Waals surface area (Å²) in [6.45, 7) is 4.28. The van der Waals surface area contributed by atoms with Gasteiger partial charge in [0.25, 0.3) is 5.91 Å². The van der Waals surface area contributed by atoms with Gasteiger partial charge in [-0.1, -0.05) is 17.3 Å². The fraction of sp³-hybridized carbons (Fsp3) is 0.273. The number of nitrogens with zero attached hydrogens (tertiary/aromatic N) is 1. The van der Waals surface area contributed by atoms with E-state index in [1.165, 1.54) is 0 Å². The van der Waals surface area contributed by atoms with E-state index in [0.717, 1.165) is 16.8 Å². The number of ether oxygens (including phenoxy) is 3. The van der Waals surface area contributed by atoms with Gasteiger partial charge in [0.2, 0.25) is 0 Å². The van der Waals surface area contributed by atoms with Gasteiger partial charge in [-0.25, -0.2) is 0 Å². The third-order valence-corrected chi connectivity index (χ3v) is 4.62. The Hall–Kier alpha value is -3.48. The summed E-state index contributed by atoms with van der Waals surface area (Å²) in [5.74, 6) is 2.29. The molecule has 0 saturated carbocycles. The van der Waals surface area contributed by atoms with Crippen molar-refractivity contribution in [1.29, 1.82) is 0 Å². The number of nitrogens with one attached hydrogen (secondary N) is 1. The Bertz CT molecular complexity index is 977. The molecule has 3 aromatic rings. The zero-order chi connectivity index (χ0) is 20.8. The number of hydrogen-bond acceptors (Lipinski definition) is 6. The highest BCUT2D eigenvalue weighted by atomic mass is 16.5. The van der Waals surface area contributed by atoms with Crippen LogP contribution in [0.1, 0.15) is 32.9 Å². The van der Waals surface area contributed by atoms with Gasteiger partial charge in [-0.05, 0) is 38.1 Å². The van der Waals surface area contributed by atoms with E-state index in [1.807, 2.05) is 32.0 Å². The van der Waals surface area contributed by atoms with Gasteiger partial charge in [0.1, 0.15) is 29.6 Å². The number of carbonyl (C=O) groups excluding carboxylic acids is 1. The maximum Gasteiger partial charge on any atom is 0.255 e. The second-order valence-electron chi connectivity index (χ2n) is 6.45. The minimum Gasteiger partial charge on any atom is -0.497 e. The molecule has 0 radical (unpaired) electrons. The fourth-order valence-electron chi connectivity index (χ4n) is 2.91. The van der Waals surface area contributed by atoms with Gasteiger partial charge < -0.3 is 24.1 Å². The van der Waals surface area contributed by atoms with Gasteiger partial charge in [0, 0.05) is 18.2 Å². The average Bonchev–Trinajstić information content (AvgIpc) is 3.07. The summed E-state index contributed by atoms with van der Waals surface area (Å²) in [7, 11) is 3.17. The molecule has 7 nitrogen and oxygen atoms in total. The Morgan fingerprint density at radius 1 is 1.07 bits per heavy atom. The molecular weight excluding hydrogens is 372 g/mol. The SMILES string of the molecule is COc1ccc(CNC(=O)c2ccccc2OCc2c(C)noc2C)c(OC)c1. The van der Waals surface area contributed by atoms with Crippen molar-refractivity contribution in [2.75, 3.05) is 14.2 Å². The standard InChI is InChI=1S/C22H24N2O5/c1-14-19(15(2)29-24-14)13-28-20-8-6-5-7-18(20)22(25)23-12-16-9-10-17(26-3)11-21(16)27-4/h5-11H,12-13H2,1-4H3,(H,23,25). The summed E-state index contributed by atoms with van der Waals surface area (Å²) >= 11 is 0. The highest BCUT2D eigenvalue weighted by Gasteiger charge is 2.15. The molecule has 0 aliphatic rings. The zero-order valence-corrected chi connectivity index (χ0v) is 16.9. The number of para-hydroxylation sites is 1. The monoisotopic (exact) mass is 396 g/mol. The largest absolute Gasteiger partial charge is 0.497 e. The third-order valence-electron chi connectivity index (χ3n) is 4.62. The van der Waals surface area contributed by atoms with Crippen LogP contribution in [-0.2, 0) is 13.2 Å². The van der Waals surface area contributed by atoms with Crippen LogP contribution in [0.3, 0.4) is 0 Å². The molecule has 152 valence electrons. The molecule has 2 aromatic carbocycles. The maximum absolute atomic E-state index is 12.8. The highest BCUT2D eigenvalue weighted by Crippen LogP contribution is 2.25. The van der Waals surface area contributed by atoms with Crippen molar-refractivity contribution in [2.45, 2.75) is 27.0 Å². The van der Waals surface area contributed by atoms with Gasteiger partial charge in [0.05, 0.1) is 31.0 Å². The molecular formula is C22H24N2O5. The number of amides is 1. The van der Waals surface area contributed by atoms with E-state index in [0.29, 0.717) is 35.1 Å². The summed E-state index contributed by atoms with van der Waals surface area (Å²) in [5.41, 5.74) is 2.95. The van der Waals surface area contributed by atoms with Crippen molar-refractivity contribution in [3.05, 3.63) is 70.6 Å². The zero-order valence-electron chi connectivity index (χ0n) is 16.9. The maximum atomic E-state index is 12.8. The van der Waals surface area contributed by atoms with Crippen LogP contribution in [0.15, 0.2) is 47.0 Å². The van der Waals surface area contributed by atoms with Crippen LogP contribution in [0, 0.1) is 13.8 Å². The summed E-state index contributed by atoms with van der Waals surface area (Å²) in [5, 5.41) is 6.84. The summed E-state index contributed by atoms with van der Waals surface area (Å²) < 4.78 is 21.6. The van der Waals surface area contributed by atoms with Crippen LogP contribution in [0.4, 0.5) is 0 Å². The number of aromatic nitrogens is 1. The third kappa shape index (κ3) is 4.68. The first-order valence-electron chi connectivity index (χ1n) is 9.16. The first-order chi connectivity index (χ1) is 14.0. The van der Waals surface area contributed by atoms with Crippen molar-refractivity contribution >= 4 is 5.91 Å². The predicted molar refractivity (Wildman–Crippen MR) is 107 cm³/mol. The van der Waals surface area contributed by atoms with E-state index < -0.39 is 0 Å². The lowest BCUT2D eigenvalue weighted by Gasteiger charge is -2.13. The summed E-state index contributed by atoms with van der Waals surface area (Å²) in [6, 6.07) is 12.6. The van der Waals surface area contributed by atoms with Crippen molar-refractivity contribution in [1.82, 2.24) is 10.5 Å². The van der Waals surface area contributed by atoms with Crippen LogP contribution >= 0.6 is 0 Å². The Balaban J connectivity index is 1.70. The van der Waals surface area contributed by atoms with E-state index in [9.17, 15) is 4.79 Å².